The van der Waals surface area contributed by atoms with Gasteiger partial charge in [0.2, 0.25) is 0 Å². The van der Waals surface area contributed by atoms with E-state index in [9.17, 15) is 0 Å². The van der Waals surface area contributed by atoms with Crippen molar-refractivity contribution in [3.63, 3.8) is 0 Å². The van der Waals surface area contributed by atoms with Crippen LogP contribution in [0.1, 0.15) is 92.9 Å². The number of rotatable bonds is 8. The van der Waals surface area contributed by atoms with E-state index in [1.165, 1.54) is 56.9 Å². The van der Waals surface area contributed by atoms with Gasteiger partial charge in [-0.3, -0.25) is 0 Å². The molecule has 8 unspecified atom stereocenters. The third kappa shape index (κ3) is 5.65. The van der Waals surface area contributed by atoms with Gasteiger partial charge in [-0.2, -0.15) is 0 Å². The summed E-state index contributed by atoms with van der Waals surface area (Å²) in [4.78, 5) is 0. The van der Waals surface area contributed by atoms with Crippen molar-refractivity contribution >= 4 is 21.6 Å². The molecule has 0 amide bonds. The molecule has 3 N–H and O–H groups in total. The standard InChI is InChI=1S/C32H52N2S2/c1-21(2)16-22(3)17-23(4)28-10-11-29-27-9-8-24-18-26(36-35-20-25(33)19-34-7)12-14-31(24,5)30(27)13-15-32(28,29)6/h8,16-17,19,22,26-30,34H,9-15,18,20,33H2,1-7H3/b23-17-,25-19-. The molecule has 4 aliphatic rings. The number of nitrogens with one attached hydrogen (secondary N) is 1. The minimum absolute atomic E-state index is 0.442. The van der Waals surface area contributed by atoms with Gasteiger partial charge in [-0.15, -0.1) is 0 Å². The number of allylic oxidation sites excluding steroid dienone is 6. The highest BCUT2D eigenvalue weighted by atomic mass is 33.1. The molecule has 3 fully saturated rings. The van der Waals surface area contributed by atoms with Crippen LogP contribution < -0.4 is 11.1 Å². The van der Waals surface area contributed by atoms with Crippen LogP contribution in [0.15, 0.2) is 46.8 Å². The summed E-state index contributed by atoms with van der Waals surface area (Å²) < 4.78 is 0. The first-order valence-corrected chi connectivity index (χ1v) is 16.9. The average molecular weight is 529 g/mol. The summed E-state index contributed by atoms with van der Waals surface area (Å²) in [7, 11) is 5.93. The van der Waals surface area contributed by atoms with E-state index in [1.54, 1.807) is 11.1 Å². The molecule has 8 atom stereocenters. The lowest BCUT2D eigenvalue weighted by Gasteiger charge is -2.58. The van der Waals surface area contributed by atoms with E-state index in [-0.39, 0.29) is 0 Å². The molecule has 0 radical (unpaired) electrons. The Kier molecular flexibility index (Phi) is 9.08. The van der Waals surface area contributed by atoms with E-state index in [1.807, 2.05) is 24.0 Å². The first kappa shape index (κ1) is 28.3. The van der Waals surface area contributed by atoms with E-state index in [2.05, 4.69) is 75.9 Å². The first-order valence-electron chi connectivity index (χ1n) is 14.5. The van der Waals surface area contributed by atoms with Crippen LogP contribution in [-0.4, -0.2) is 18.1 Å². The van der Waals surface area contributed by atoms with E-state index >= 15 is 0 Å². The summed E-state index contributed by atoms with van der Waals surface area (Å²) in [6, 6.07) is 0. The second kappa shape index (κ2) is 11.6. The first-order chi connectivity index (χ1) is 17.1. The van der Waals surface area contributed by atoms with Gasteiger partial charge in [0.1, 0.15) is 0 Å². The molecule has 0 heterocycles. The Morgan fingerprint density at radius 2 is 1.89 bits per heavy atom. The maximum atomic E-state index is 6.07. The SMILES string of the molecule is CN/C=C(\N)CSSC1CCC2(C)C(=CCC3C2CCC2(C)C(/C(C)=C\C(C)C=C(C)C)CCC32)C1. The summed E-state index contributed by atoms with van der Waals surface area (Å²) in [6.45, 7) is 14.6. The number of nitrogens with two attached hydrogens (primary N) is 1. The molecule has 0 spiro atoms. The second-order valence-corrected chi connectivity index (χ2v) is 15.8. The maximum Gasteiger partial charge on any atom is 0.0449 e. The second-order valence-electron chi connectivity index (χ2n) is 13.2. The van der Waals surface area contributed by atoms with Gasteiger partial charge in [-0.05, 0) is 113 Å². The topological polar surface area (TPSA) is 38.0 Å². The minimum Gasteiger partial charge on any atom is -0.400 e. The van der Waals surface area contributed by atoms with Gasteiger partial charge in [0.15, 0.2) is 0 Å². The van der Waals surface area contributed by atoms with Gasteiger partial charge in [-0.1, -0.05) is 77.3 Å². The molecular weight excluding hydrogens is 477 g/mol. The summed E-state index contributed by atoms with van der Waals surface area (Å²) >= 11 is 0. The normalized spacial score (nSPS) is 39.4. The fourth-order valence-electron chi connectivity index (χ4n) is 8.99. The summed E-state index contributed by atoms with van der Waals surface area (Å²) in [5, 5.41) is 3.79. The van der Waals surface area contributed by atoms with Crippen molar-refractivity contribution in [1.29, 1.82) is 0 Å². The van der Waals surface area contributed by atoms with Crippen molar-refractivity contribution in [2.24, 2.45) is 46.2 Å². The number of fused-ring (bicyclic) bond motifs is 5. The van der Waals surface area contributed by atoms with Crippen LogP contribution in [0, 0.1) is 40.4 Å². The van der Waals surface area contributed by atoms with E-state index < -0.39 is 0 Å². The van der Waals surface area contributed by atoms with Crippen LogP contribution >= 0.6 is 21.6 Å². The number of hydrogen-bond donors (Lipinski definition) is 2. The largest absolute Gasteiger partial charge is 0.400 e. The lowest BCUT2D eigenvalue weighted by Crippen LogP contribution is -2.50. The van der Waals surface area contributed by atoms with Gasteiger partial charge in [-0.25, -0.2) is 0 Å². The summed E-state index contributed by atoms with van der Waals surface area (Å²) in [5.74, 6) is 4.94. The molecule has 2 nitrogen and oxygen atoms in total. The van der Waals surface area contributed by atoms with Crippen molar-refractivity contribution < 1.29 is 0 Å². The molecule has 0 saturated heterocycles. The molecule has 36 heavy (non-hydrogen) atoms. The van der Waals surface area contributed by atoms with Crippen LogP contribution in [0.4, 0.5) is 0 Å². The third-order valence-electron chi connectivity index (χ3n) is 10.5. The molecule has 0 aromatic carbocycles. The van der Waals surface area contributed by atoms with Crippen LogP contribution in [-0.2, 0) is 0 Å². The maximum absolute atomic E-state index is 6.07. The Morgan fingerprint density at radius 1 is 1.11 bits per heavy atom. The highest BCUT2D eigenvalue weighted by molar-refractivity contribution is 8.77. The predicted molar refractivity (Wildman–Crippen MR) is 163 cm³/mol. The Morgan fingerprint density at radius 3 is 2.61 bits per heavy atom. The van der Waals surface area contributed by atoms with Crippen LogP contribution in [0.2, 0.25) is 0 Å². The van der Waals surface area contributed by atoms with E-state index in [4.69, 9.17) is 5.73 Å². The average Bonchev–Trinajstić information content (AvgIpc) is 3.16. The fraction of sp³-hybridized carbons (Fsp3) is 0.750. The van der Waals surface area contributed by atoms with E-state index in [0.717, 1.165) is 40.4 Å². The molecule has 4 heteroatoms. The van der Waals surface area contributed by atoms with E-state index in [0.29, 0.717) is 16.7 Å². The lowest BCUT2D eigenvalue weighted by molar-refractivity contribution is -0.0357. The highest BCUT2D eigenvalue weighted by Gasteiger charge is 2.58. The fourth-order valence-corrected chi connectivity index (χ4v) is 11.6. The van der Waals surface area contributed by atoms with Gasteiger partial charge in [0, 0.05) is 29.9 Å². The monoisotopic (exact) mass is 528 g/mol. The van der Waals surface area contributed by atoms with Crippen molar-refractivity contribution in [2.75, 3.05) is 12.8 Å². The Bertz CT molecular complexity index is 913. The van der Waals surface area contributed by atoms with Gasteiger partial charge in [0.05, 0.1) is 0 Å². The van der Waals surface area contributed by atoms with Crippen LogP contribution in [0.5, 0.6) is 0 Å². The van der Waals surface area contributed by atoms with Crippen LogP contribution in [0.25, 0.3) is 0 Å². The van der Waals surface area contributed by atoms with Crippen molar-refractivity contribution in [1.82, 2.24) is 5.32 Å². The zero-order valence-corrected chi connectivity index (χ0v) is 25.7. The predicted octanol–water partition coefficient (Wildman–Crippen LogP) is 8.88. The van der Waals surface area contributed by atoms with Crippen LogP contribution in [0.3, 0.4) is 0 Å². The third-order valence-corrected chi connectivity index (χ3v) is 13.3. The molecule has 202 valence electrons. The minimum atomic E-state index is 0.442. The lowest BCUT2D eigenvalue weighted by atomic mass is 9.47. The molecule has 3 saturated carbocycles. The van der Waals surface area contributed by atoms with Crippen molar-refractivity contribution in [2.45, 2.75) is 98.2 Å². The summed E-state index contributed by atoms with van der Waals surface area (Å²) in [5.41, 5.74) is 12.9. The van der Waals surface area contributed by atoms with Gasteiger partial charge in [0.25, 0.3) is 0 Å². The van der Waals surface area contributed by atoms with Gasteiger partial charge >= 0.3 is 0 Å². The zero-order chi connectivity index (χ0) is 26.1. The smallest absolute Gasteiger partial charge is 0.0449 e. The molecule has 0 bridgehead atoms. The molecule has 0 aromatic rings. The number of hydrogen-bond acceptors (Lipinski definition) is 4. The van der Waals surface area contributed by atoms with Gasteiger partial charge < -0.3 is 11.1 Å². The van der Waals surface area contributed by atoms with Crippen molar-refractivity contribution in [3.05, 3.63) is 46.8 Å². The quantitative estimate of drug-likeness (QED) is 0.244. The van der Waals surface area contributed by atoms with Crippen molar-refractivity contribution in [3.8, 4) is 0 Å². The summed E-state index contributed by atoms with van der Waals surface area (Å²) in [6.07, 6.45) is 20.7. The molecule has 4 aliphatic carbocycles. The molecule has 4 rings (SSSR count). The molecular formula is C32H52N2S2. The zero-order valence-electron chi connectivity index (χ0n) is 24.0. The Labute approximate surface area is 230 Å². The Hall–Kier alpha value is -0.740. The molecule has 0 aromatic heterocycles. The Balaban J connectivity index is 1.44. The molecule has 0 aliphatic heterocycles. The highest BCUT2D eigenvalue weighted by Crippen LogP contribution is 2.67.